The maximum atomic E-state index is 9.14. The van der Waals surface area contributed by atoms with Crippen LogP contribution in [0.5, 0.6) is 0 Å². The number of aliphatic hydroxyl groups is 1. The van der Waals surface area contributed by atoms with Crippen molar-refractivity contribution in [3.8, 4) is 0 Å². The molecule has 0 fully saturated rings. The number of rotatable bonds is 2. The molecule has 2 heteroatoms. The number of pyridine rings is 1. The van der Waals surface area contributed by atoms with Gasteiger partial charge in [-0.1, -0.05) is 19.9 Å². The molecule has 1 heterocycles. The van der Waals surface area contributed by atoms with Crippen LogP contribution in [0, 0.1) is 6.92 Å². The van der Waals surface area contributed by atoms with Gasteiger partial charge < -0.3 is 5.11 Å². The van der Waals surface area contributed by atoms with E-state index in [2.05, 4.69) is 4.98 Å². The molecule has 1 N–H and O–H groups in total. The normalized spacial score (nSPS) is 11.7. The average molecular weight is 165 g/mol. The number of hydrogen-bond donors (Lipinski definition) is 1. The molecule has 12 heavy (non-hydrogen) atoms. The third-order valence-electron chi connectivity index (χ3n) is 2.13. The molecule has 1 aromatic heterocycles. The molecule has 0 aliphatic carbocycles. The Morgan fingerprint density at radius 3 is 2.67 bits per heavy atom. The molecule has 0 aliphatic rings. The van der Waals surface area contributed by atoms with Gasteiger partial charge >= 0.3 is 0 Å². The predicted octanol–water partition coefficient (Wildman–Crippen LogP) is 1.66. The Kier molecular flexibility index (Phi) is 2.48. The van der Waals surface area contributed by atoms with Crippen LogP contribution in [0.3, 0.4) is 0 Å². The topological polar surface area (TPSA) is 33.1 Å². The molecule has 0 saturated heterocycles. The Morgan fingerprint density at radius 1 is 1.50 bits per heavy atom. The van der Waals surface area contributed by atoms with Crippen LogP contribution in [-0.2, 0) is 5.41 Å². The third kappa shape index (κ3) is 1.64. The lowest BCUT2D eigenvalue weighted by atomic mass is 9.85. The van der Waals surface area contributed by atoms with Crippen molar-refractivity contribution in [3.63, 3.8) is 0 Å². The predicted molar refractivity (Wildman–Crippen MR) is 49.1 cm³/mol. The minimum absolute atomic E-state index is 0.152. The summed E-state index contributed by atoms with van der Waals surface area (Å²) in [7, 11) is 0. The number of aromatic nitrogens is 1. The van der Waals surface area contributed by atoms with Crippen molar-refractivity contribution in [1.82, 2.24) is 4.98 Å². The Bertz CT molecular complexity index is 268. The summed E-state index contributed by atoms with van der Waals surface area (Å²) >= 11 is 0. The van der Waals surface area contributed by atoms with Crippen molar-refractivity contribution in [2.45, 2.75) is 26.2 Å². The largest absolute Gasteiger partial charge is 0.395 e. The number of hydrogen-bond acceptors (Lipinski definition) is 2. The SMILES string of the molecule is Cc1ncccc1C(C)(C)CO. The molecule has 1 aromatic rings. The molecule has 0 aliphatic heterocycles. The van der Waals surface area contributed by atoms with Crippen molar-refractivity contribution in [2.24, 2.45) is 0 Å². The Hall–Kier alpha value is -0.890. The third-order valence-corrected chi connectivity index (χ3v) is 2.13. The first-order valence-electron chi connectivity index (χ1n) is 4.11. The number of aryl methyl sites for hydroxylation is 1. The lowest BCUT2D eigenvalue weighted by molar-refractivity contribution is 0.217. The van der Waals surface area contributed by atoms with Crippen molar-refractivity contribution in [2.75, 3.05) is 6.61 Å². The zero-order valence-electron chi connectivity index (χ0n) is 7.83. The summed E-state index contributed by atoms with van der Waals surface area (Å²) in [5, 5.41) is 9.14. The molecule has 66 valence electrons. The second-order valence-electron chi connectivity index (χ2n) is 3.68. The van der Waals surface area contributed by atoms with E-state index in [1.54, 1.807) is 6.20 Å². The quantitative estimate of drug-likeness (QED) is 0.723. The van der Waals surface area contributed by atoms with Crippen molar-refractivity contribution < 1.29 is 5.11 Å². The standard InChI is InChI=1S/C10H15NO/c1-8-9(5-4-6-11-8)10(2,3)7-12/h4-6,12H,7H2,1-3H3. The van der Waals surface area contributed by atoms with Crippen LogP contribution in [-0.4, -0.2) is 16.7 Å². The van der Waals surface area contributed by atoms with Gasteiger partial charge in [0.05, 0.1) is 6.61 Å². The molecule has 1 rings (SSSR count). The van der Waals surface area contributed by atoms with Crippen molar-refractivity contribution in [1.29, 1.82) is 0 Å². The first-order chi connectivity index (χ1) is 5.58. The molecule has 0 aromatic carbocycles. The van der Waals surface area contributed by atoms with Crippen LogP contribution in [0.2, 0.25) is 0 Å². The fraction of sp³-hybridized carbons (Fsp3) is 0.500. The van der Waals surface area contributed by atoms with Gasteiger partial charge in [-0.2, -0.15) is 0 Å². The Labute approximate surface area is 73.3 Å². The van der Waals surface area contributed by atoms with Gasteiger partial charge in [0.15, 0.2) is 0 Å². The van der Waals surface area contributed by atoms with Crippen LogP contribution < -0.4 is 0 Å². The van der Waals surface area contributed by atoms with Crippen LogP contribution >= 0.6 is 0 Å². The summed E-state index contributed by atoms with van der Waals surface area (Å²) in [6, 6.07) is 3.91. The number of aliphatic hydroxyl groups excluding tert-OH is 1. The molecule has 0 unspecified atom stereocenters. The summed E-state index contributed by atoms with van der Waals surface area (Å²) in [5.41, 5.74) is 1.93. The Morgan fingerprint density at radius 2 is 2.17 bits per heavy atom. The van der Waals surface area contributed by atoms with Gasteiger partial charge in [-0.15, -0.1) is 0 Å². The van der Waals surface area contributed by atoms with Gasteiger partial charge in [0.1, 0.15) is 0 Å². The highest BCUT2D eigenvalue weighted by Gasteiger charge is 2.21. The zero-order valence-corrected chi connectivity index (χ0v) is 7.83. The lowest BCUT2D eigenvalue weighted by Crippen LogP contribution is -2.23. The second kappa shape index (κ2) is 3.23. The van der Waals surface area contributed by atoms with Crippen molar-refractivity contribution in [3.05, 3.63) is 29.6 Å². The van der Waals surface area contributed by atoms with Crippen LogP contribution in [0.15, 0.2) is 18.3 Å². The minimum atomic E-state index is -0.182. The van der Waals surface area contributed by atoms with Gasteiger partial charge in [0, 0.05) is 17.3 Å². The van der Waals surface area contributed by atoms with E-state index in [9.17, 15) is 0 Å². The summed E-state index contributed by atoms with van der Waals surface area (Å²) in [4.78, 5) is 4.18. The highest BCUT2D eigenvalue weighted by atomic mass is 16.3. The highest BCUT2D eigenvalue weighted by molar-refractivity contribution is 5.26. The van der Waals surface area contributed by atoms with Crippen LogP contribution in [0.1, 0.15) is 25.1 Å². The molecular weight excluding hydrogens is 150 g/mol. The van der Waals surface area contributed by atoms with E-state index < -0.39 is 0 Å². The van der Waals surface area contributed by atoms with Gasteiger partial charge in [0.25, 0.3) is 0 Å². The monoisotopic (exact) mass is 165 g/mol. The average Bonchev–Trinajstić information content (AvgIpc) is 2.05. The van der Waals surface area contributed by atoms with E-state index in [1.165, 1.54) is 0 Å². The van der Waals surface area contributed by atoms with Gasteiger partial charge in [0.2, 0.25) is 0 Å². The Balaban J connectivity index is 3.10. The first kappa shape index (κ1) is 9.20. The maximum Gasteiger partial charge on any atom is 0.0523 e. The molecule has 0 spiro atoms. The maximum absolute atomic E-state index is 9.14. The number of nitrogens with zero attached hydrogens (tertiary/aromatic N) is 1. The summed E-state index contributed by atoms with van der Waals surface area (Å²) in [6.45, 7) is 6.14. The first-order valence-corrected chi connectivity index (χ1v) is 4.11. The van der Waals surface area contributed by atoms with E-state index in [0.717, 1.165) is 11.3 Å². The molecule has 0 atom stereocenters. The van der Waals surface area contributed by atoms with Gasteiger partial charge in [-0.25, -0.2) is 0 Å². The van der Waals surface area contributed by atoms with E-state index in [-0.39, 0.29) is 12.0 Å². The summed E-state index contributed by atoms with van der Waals surface area (Å²) in [5.74, 6) is 0. The minimum Gasteiger partial charge on any atom is -0.395 e. The molecule has 0 radical (unpaired) electrons. The van der Waals surface area contributed by atoms with Crippen LogP contribution in [0.25, 0.3) is 0 Å². The fourth-order valence-electron chi connectivity index (χ4n) is 1.28. The molecule has 0 amide bonds. The van der Waals surface area contributed by atoms with Gasteiger partial charge in [-0.3, -0.25) is 4.98 Å². The van der Waals surface area contributed by atoms with E-state index in [1.807, 2.05) is 32.9 Å². The summed E-state index contributed by atoms with van der Waals surface area (Å²) < 4.78 is 0. The summed E-state index contributed by atoms with van der Waals surface area (Å²) in [6.07, 6.45) is 1.77. The van der Waals surface area contributed by atoms with Gasteiger partial charge in [-0.05, 0) is 18.6 Å². The van der Waals surface area contributed by atoms with E-state index in [0.29, 0.717) is 0 Å². The second-order valence-corrected chi connectivity index (χ2v) is 3.68. The molecule has 0 saturated carbocycles. The van der Waals surface area contributed by atoms with Crippen LogP contribution in [0.4, 0.5) is 0 Å². The molecule has 2 nitrogen and oxygen atoms in total. The molecular formula is C10H15NO. The zero-order chi connectivity index (χ0) is 9.19. The molecule has 0 bridgehead atoms. The smallest absolute Gasteiger partial charge is 0.0523 e. The lowest BCUT2D eigenvalue weighted by Gasteiger charge is -2.23. The van der Waals surface area contributed by atoms with Crippen molar-refractivity contribution >= 4 is 0 Å². The highest BCUT2D eigenvalue weighted by Crippen LogP contribution is 2.23. The van der Waals surface area contributed by atoms with E-state index in [4.69, 9.17) is 5.11 Å². The fourth-order valence-corrected chi connectivity index (χ4v) is 1.28. The van der Waals surface area contributed by atoms with E-state index >= 15 is 0 Å².